The summed E-state index contributed by atoms with van der Waals surface area (Å²) in [7, 11) is 2.04. The molecule has 0 amide bonds. The Labute approximate surface area is 174 Å². The van der Waals surface area contributed by atoms with Crippen molar-refractivity contribution in [3.8, 4) is 5.69 Å². The molecule has 0 aliphatic heterocycles. The van der Waals surface area contributed by atoms with Gasteiger partial charge in [-0.2, -0.15) is 0 Å². The van der Waals surface area contributed by atoms with E-state index in [1.165, 1.54) is 10.9 Å². The van der Waals surface area contributed by atoms with Crippen LogP contribution in [-0.4, -0.2) is 14.1 Å². The molecule has 0 saturated heterocycles. The van der Waals surface area contributed by atoms with Gasteiger partial charge < -0.3 is 4.57 Å². The fraction of sp³-hybridized carbons (Fsp3) is 0.0769. The highest BCUT2D eigenvalue weighted by molar-refractivity contribution is 5.92. The van der Waals surface area contributed by atoms with Gasteiger partial charge in [-0.3, -0.25) is 9.36 Å². The first-order chi connectivity index (χ1) is 14.6. The van der Waals surface area contributed by atoms with Gasteiger partial charge in [0.05, 0.1) is 16.6 Å². The topological polar surface area (TPSA) is 39.8 Å². The third-order valence-electron chi connectivity index (χ3n) is 5.40. The summed E-state index contributed by atoms with van der Waals surface area (Å²) < 4.78 is 3.80. The average molecular weight is 391 g/mol. The molecule has 0 bridgehead atoms. The quantitative estimate of drug-likeness (QED) is 0.416. The standard InChI is InChI=1S/C26H21N3O/c1-18-8-7-9-20(16-18)29-25(27-23-12-5-3-11-22(23)26(29)30)15-14-19-17-28(2)24-13-6-4-10-21(19)24/h3-17H,1-2H3. The van der Waals surface area contributed by atoms with E-state index in [2.05, 4.69) is 22.9 Å². The minimum atomic E-state index is -0.0660. The highest BCUT2D eigenvalue weighted by Crippen LogP contribution is 2.23. The Balaban J connectivity index is 1.74. The molecule has 0 aliphatic carbocycles. The summed E-state index contributed by atoms with van der Waals surface area (Å²) in [5.74, 6) is 0.609. The van der Waals surface area contributed by atoms with Gasteiger partial charge in [0.2, 0.25) is 0 Å². The SMILES string of the molecule is Cc1cccc(-n2c(C=Cc3cn(C)c4ccccc34)nc3ccccc3c2=O)c1. The van der Waals surface area contributed by atoms with Gasteiger partial charge in [0.1, 0.15) is 5.82 Å². The molecule has 146 valence electrons. The summed E-state index contributed by atoms with van der Waals surface area (Å²) in [6, 6.07) is 23.7. The largest absolute Gasteiger partial charge is 0.350 e. The molecule has 3 aromatic carbocycles. The number of rotatable bonds is 3. The molecule has 0 radical (unpaired) electrons. The third-order valence-corrected chi connectivity index (χ3v) is 5.40. The second kappa shape index (κ2) is 7.16. The molecular weight excluding hydrogens is 370 g/mol. The van der Waals surface area contributed by atoms with Crippen molar-refractivity contribution in [1.29, 1.82) is 0 Å². The van der Waals surface area contributed by atoms with Crippen molar-refractivity contribution in [3.63, 3.8) is 0 Å². The van der Waals surface area contributed by atoms with Gasteiger partial charge in [0.15, 0.2) is 0 Å². The summed E-state index contributed by atoms with van der Waals surface area (Å²) >= 11 is 0. The Morgan fingerprint density at radius 2 is 1.63 bits per heavy atom. The second-order valence-electron chi connectivity index (χ2n) is 7.51. The summed E-state index contributed by atoms with van der Waals surface area (Å²) in [5.41, 5.74) is 4.80. The van der Waals surface area contributed by atoms with Gasteiger partial charge in [-0.05, 0) is 55.0 Å². The monoisotopic (exact) mass is 391 g/mol. The van der Waals surface area contributed by atoms with Crippen LogP contribution in [-0.2, 0) is 7.05 Å². The third kappa shape index (κ3) is 3.03. The lowest BCUT2D eigenvalue weighted by Gasteiger charge is -2.12. The van der Waals surface area contributed by atoms with Crippen LogP contribution in [0, 0.1) is 6.92 Å². The van der Waals surface area contributed by atoms with Crippen molar-refractivity contribution >= 4 is 34.0 Å². The van der Waals surface area contributed by atoms with Crippen LogP contribution in [0.25, 0.3) is 39.6 Å². The molecule has 30 heavy (non-hydrogen) atoms. The van der Waals surface area contributed by atoms with Gasteiger partial charge in [0, 0.05) is 29.7 Å². The van der Waals surface area contributed by atoms with E-state index in [0.717, 1.165) is 16.8 Å². The van der Waals surface area contributed by atoms with Crippen molar-refractivity contribution in [2.75, 3.05) is 0 Å². The van der Waals surface area contributed by atoms with E-state index in [4.69, 9.17) is 4.98 Å². The van der Waals surface area contributed by atoms with Crippen LogP contribution < -0.4 is 5.56 Å². The molecule has 0 atom stereocenters. The normalized spacial score (nSPS) is 11.7. The Bertz CT molecular complexity index is 1490. The summed E-state index contributed by atoms with van der Waals surface area (Å²) in [5, 5.41) is 1.78. The van der Waals surface area contributed by atoms with E-state index < -0.39 is 0 Å². The van der Waals surface area contributed by atoms with E-state index in [0.29, 0.717) is 16.7 Å². The highest BCUT2D eigenvalue weighted by Gasteiger charge is 2.11. The minimum absolute atomic E-state index is 0.0660. The fourth-order valence-corrected chi connectivity index (χ4v) is 3.95. The van der Waals surface area contributed by atoms with E-state index in [9.17, 15) is 4.79 Å². The van der Waals surface area contributed by atoms with Crippen LogP contribution in [0.2, 0.25) is 0 Å². The van der Waals surface area contributed by atoms with Crippen LogP contribution in [0.15, 0.2) is 83.8 Å². The molecule has 0 unspecified atom stereocenters. The number of aromatic nitrogens is 3. The van der Waals surface area contributed by atoms with Crippen LogP contribution >= 0.6 is 0 Å². The van der Waals surface area contributed by atoms with Gasteiger partial charge in [-0.1, -0.05) is 42.5 Å². The van der Waals surface area contributed by atoms with Crippen molar-refractivity contribution in [1.82, 2.24) is 14.1 Å². The number of hydrogen-bond donors (Lipinski definition) is 0. The molecule has 0 aliphatic rings. The van der Waals surface area contributed by atoms with Crippen LogP contribution in [0.3, 0.4) is 0 Å². The predicted octanol–water partition coefficient (Wildman–Crippen LogP) is 5.36. The lowest BCUT2D eigenvalue weighted by molar-refractivity contribution is 0.942. The van der Waals surface area contributed by atoms with E-state index in [1.807, 2.05) is 86.8 Å². The highest BCUT2D eigenvalue weighted by atomic mass is 16.1. The summed E-state index contributed by atoms with van der Waals surface area (Å²) in [6.45, 7) is 2.02. The molecule has 5 aromatic rings. The Kier molecular flexibility index (Phi) is 4.32. The number of hydrogen-bond acceptors (Lipinski definition) is 2. The Hall–Kier alpha value is -3.92. The number of fused-ring (bicyclic) bond motifs is 2. The molecule has 4 heteroatoms. The lowest BCUT2D eigenvalue weighted by atomic mass is 10.1. The van der Waals surface area contributed by atoms with Gasteiger partial charge >= 0.3 is 0 Å². The van der Waals surface area contributed by atoms with Crippen LogP contribution in [0.4, 0.5) is 0 Å². The van der Waals surface area contributed by atoms with Crippen molar-refractivity contribution in [3.05, 3.63) is 106 Å². The first-order valence-corrected chi connectivity index (χ1v) is 9.93. The molecule has 4 nitrogen and oxygen atoms in total. The molecule has 2 aromatic heterocycles. The molecule has 0 spiro atoms. The zero-order valence-electron chi connectivity index (χ0n) is 16.9. The molecule has 5 rings (SSSR count). The second-order valence-corrected chi connectivity index (χ2v) is 7.51. The molecule has 0 N–H and O–H groups in total. The predicted molar refractivity (Wildman–Crippen MR) is 124 cm³/mol. The maximum atomic E-state index is 13.4. The Morgan fingerprint density at radius 3 is 2.47 bits per heavy atom. The fourth-order valence-electron chi connectivity index (χ4n) is 3.95. The number of nitrogens with zero attached hydrogens (tertiary/aromatic N) is 3. The van der Waals surface area contributed by atoms with E-state index in [-0.39, 0.29) is 5.56 Å². The molecule has 0 saturated carbocycles. The maximum absolute atomic E-state index is 13.4. The zero-order valence-corrected chi connectivity index (χ0v) is 16.9. The minimum Gasteiger partial charge on any atom is -0.350 e. The van der Waals surface area contributed by atoms with Crippen molar-refractivity contribution in [2.45, 2.75) is 6.92 Å². The summed E-state index contributed by atoms with van der Waals surface area (Å²) in [6.07, 6.45) is 6.06. The number of benzene rings is 3. The first-order valence-electron chi connectivity index (χ1n) is 9.93. The van der Waals surface area contributed by atoms with Gasteiger partial charge in [-0.25, -0.2) is 4.98 Å². The van der Waals surface area contributed by atoms with Crippen molar-refractivity contribution in [2.24, 2.45) is 7.05 Å². The van der Waals surface area contributed by atoms with Crippen LogP contribution in [0.5, 0.6) is 0 Å². The number of para-hydroxylation sites is 2. The van der Waals surface area contributed by atoms with Gasteiger partial charge in [0.25, 0.3) is 5.56 Å². The molecule has 0 fully saturated rings. The van der Waals surface area contributed by atoms with E-state index in [1.54, 1.807) is 4.57 Å². The van der Waals surface area contributed by atoms with Gasteiger partial charge in [-0.15, -0.1) is 0 Å². The maximum Gasteiger partial charge on any atom is 0.266 e. The molecule has 2 heterocycles. The Morgan fingerprint density at radius 1 is 0.867 bits per heavy atom. The van der Waals surface area contributed by atoms with Crippen LogP contribution in [0.1, 0.15) is 17.0 Å². The van der Waals surface area contributed by atoms with E-state index >= 15 is 0 Å². The molecular formula is C26H21N3O. The summed E-state index contributed by atoms with van der Waals surface area (Å²) in [4.78, 5) is 18.2. The average Bonchev–Trinajstić information content (AvgIpc) is 3.08. The lowest BCUT2D eigenvalue weighted by Crippen LogP contribution is -2.22. The van der Waals surface area contributed by atoms with Crippen molar-refractivity contribution < 1.29 is 0 Å². The number of aryl methyl sites for hydroxylation is 2. The first kappa shape index (κ1) is 18.1. The smallest absolute Gasteiger partial charge is 0.266 e. The zero-order chi connectivity index (χ0) is 20.7.